The Kier molecular flexibility index (Phi) is 0.778. The average Bonchev–Trinajstić information content (AvgIpc) is 2.59. The lowest BCUT2D eigenvalue weighted by Gasteiger charge is -2.27. The van der Waals surface area contributed by atoms with Gasteiger partial charge in [0.05, 0.1) is 0 Å². The number of rotatable bonds is 0. The predicted octanol–water partition coefficient (Wildman–Crippen LogP) is 2.69. The van der Waals surface area contributed by atoms with Gasteiger partial charge in [0.15, 0.2) is 0 Å². The van der Waals surface area contributed by atoms with Crippen molar-refractivity contribution in [2.75, 3.05) is 0 Å². The van der Waals surface area contributed by atoms with E-state index in [-0.39, 0.29) is 0 Å². The van der Waals surface area contributed by atoms with E-state index in [1.54, 1.807) is 0 Å². The van der Waals surface area contributed by atoms with Crippen molar-refractivity contribution in [3.8, 4) is 0 Å². The molecule has 0 heterocycles. The Balaban J connectivity index is 1.94. The van der Waals surface area contributed by atoms with Crippen LogP contribution in [-0.4, -0.2) is 0 Å². The van der Waals surface area contributed by atoms with Gasteiger partial charge in [-0.15, -0.1) is 0 Å². The summed E-state index contributed by atoms with van der Waals surface area (Å²) in [5.41, 5.74) is 3.66. The van der Waals surface area contributed by atoms with Crippen LogP contribution in [0.25, 0.3) is 0 Å². The molecule has 0 spiro atoms. The molecule has 0 N–H and O–H groups in total. The highest BCUT2D eigenvalue weighted by atomic mass is 14.5. The van der Waals surface area contributed by atoms with Crippen LogP contribution in [0.2, 0.25) is 0 Å². The Labute approximate surface area is 72.7 Å². The van der Waals surface area contributed by atoms with Crippen molar-refractivity contribution in [1.29, 1.82) is 0 Å². The van der Waals surface area contributed by atoms with Gasteiger partial charge >= 0.3 is 0 Å². The maximum Gasteiger partial charge on any atom is 0.0164 e. The molecular weight excluding hydrogens is 144 g/mol. The molecule has 0 atom stereocenters. The van der Waals surface area contributed by atoms with Crippen LogP contribution in [0.15, 0.2) is 35.5 Å². The summed E-state index contributed by atoms with van der Waals surface area (Å²) >= 11 is 0. The SMILES string of the molecule is C1=CC2C=CC1C1=C2C2CC1C2. The molecule has 4 bridgehead atoms. The molecule has 0 nitrogen and oxygen atoms in total. The lowest BCUT2D eigenvalue weighted by molar-refractivity contribution is 0.309. The molecule has 0 unspecified atom stereocenters. The van der Waals surface area contributed by atoms with E-state index in [0.717, 1.165) is 11.8 Å². The third-order valence-corrected chi connectivity index (χ3v) is 4.12. The first kappa shape index (κ1) is 5.80. The van der Waals surface area contributed by atoms with Gasteiger partial charge < -0.3 is 0 Å². The van der Waals surface area contributed by atoms with Gasteiger partial charge in [-0.2, -0.15) is 0 Å². The van der Waals surface area contributed by atoms with Crippen LogP contribution in [0.4, 0.5) is 0 Å². The van der Waals surface area contributed by atoms with Crippen molar-refractivity contribution in [2.24, 2.45) is 23.7 Å². The Bertz CT molecular complexity index is 293. The molecule has 1 fully saturated rings. The van der Waals surface area contributed by atoms with Gasteiger partial charge in [0.1, 0.15) is 0 Å². The van der Waals surface area contributed by atoms with E-state index in [2.05, 4.69) is 24.3 Å². The second-order valence-electron chi connectivity index (χ2n) is 4.60. The smallest absolute Gasteiger partial charge is 0.0164 e. The zero-order valence-electron chi connectivity index (χ0n) is 7.03. The van der Waals surface area contributed by atoms with Crippen molar-refractivity contribution in [3.05, 3.63) is 35.5 Å². The minimum Gasteiger partial charge on any atom is -0.0767 e. The molecule has 6 aliphatic rings. The first-order valence-corrected chi connectivity index (χ1v) is 5.04. The van der Waals surface area contributed by atoms with Crippen molar-refractivity contribution < 1.29 is 0 Å². The van der Waals surface area contributed by atoms with Crippen molar-refractivity contribution >= 4 is 0 Å². The van der Waals surface area contributed by atoms with E-state index in [1.165, 1.54) is 12.8 Å². The van der Waals surface area contributed by atoms with E-state index >= 15 is 0 Å². The predicted molar refractivity (Wildman–Crippen MR) is 48.5 cm³/mol. The van der Waals surface area contributed by atoms with Crippen LogP contribution in [-0.2, 0) is 0 Å². The van der Waals surface area contributed by atoms with Crippen molar-refractivity contribution in [1.82, 2.24) is 0 Å². The summed E-state index contributed by atoms with van der Waals surface area (Å²) in [4.78, 5) is 0. The quantitative estimate of drug-likeness (QED) is 0.473. The Morgan fingerprint density at radius 3 is 1.58 bits per heavy atom. The molecule has 1 saturated carbocycles. The van der Waals surface area contributed by atoms with Gasteiger partial charge in [-0.1, -0.05) is 35.5 Å². The molecule has 12 heavy (non-hydrogen) atoms. The number of hydrogen-bond donors (Lipinski definition) is 0. The number of hydrogen-bond acceptors (Lipinski definition) is 0. The molecular formula is C12H12. The third-order valence-electron chi connectivity index (χ3n) is 4.12. The highest BCUT2D eigenvalue weighted by Crippen LogP contribution is 2.60. The van der Waals surface area contributed by atoms with E-state index in [0.29, 0.717) is 11.8 Å². The van der Waals surface area contributed by atoms with Gasteiger partial charge in [0.25, 0.3) is 0 Å². The molecule has 0 aromatic carbocycles. The van der Waals surface area contributed by atoms with E-state index in [1.807, 2.05) is 11.1 Å². The summed E-state index contributed by atoms with van der Waals surface area (Å²) in [6.07, 6.45) is 12.6. The molecule has 6 aliphatic carbocycles. The van der Waals surface area contributed by atoms with Crippen LogP contribution >= 0.6 is 0 Å². The fourth-order valence-corrected chi connectivity index (χ4v) is 3.55. The fraction of sp³-hybridized carbons (Fsp3) is 0.500. The van der Waals surface area contributed by atoms with Crippen molar-refractivity contribution in [2.45, 2.75) is 12.8 Å². The van der Waals surface area contributed by atoms with Gasteiger partial charge in [-0.25, -0.2) is 0 Å². The molecule has 0 amide bonds. The van der Waals surface area contributed by atoms with Gasteiger partial charge in [0.2, 0.25) is 0 Å². The van der Waals surface area contributed by atoms with Crippen molar-refractivity contribution in [3.63, 3.8) is 0 Å². The molecule has 0 heteroatoms. The minimum absolute atomic E-state index is 0.711. The summed E-state index contributed by atoms with van der Waals surface area (Å²) in [5, 5.41) is 0. The zero-order chi connectivity index (χ0) is 7.71. The topological polar surface area (TPSA) is 0 Å². The molecule has 0 aromatic heterocycles. The van der Waals surface area contributed by atoms with Crippen LogP contribution in [0.5, 0.6) is 0 Å². The normalized spacial score (nSPS) is 51.3. The van der Waals surface area contributed by atoms with E-state index < -0.39 is 0 Å². The average molecular weight is 156 g/mol. The molecule has 0 aliphatic heterocycles. The molecule has 0 saturated heterocycles. The summed E-state index contributed by atoms with van der Waals surface area (Å²) < 4.78 is 0. The Morgan fingerprint density at radius 2 is 1.17 bits per heavy atom. The summed E-state index contributed by atoms with van der Waals surface area (Å²) in [6.45, 7) is 0. The van der Waals surface area contributed by atoms with Gasteiger partial charge in [0, 0.05) is 11.8 Å². The lowest BCUT2D eigenvalue weighted by atomic mass is 9.78. The van der Waals surface area contributed by atoms with Gasteiger partial charge in [-0.05, 0) is 24.7 Å². The monoisotopic (exact) mass is 156 g/mol. The fourth-order valence-electron chi connectivity index (χ4n) is 3.55. The highest BCUT2D eigenvalue weighted by molar-refractivity contribution is 5.49. The minimum atomic E-state index is 0.711. The molecule has 0 aromatic rings. The lowest BCUT2D eigenvalue weighted by Crippen LogP contribution is -2.16. The third kappa shape index (κ3) is 0.450. The van der Waals surface area contributed by atoms with Gasteiger partial charge in [-0.3, -0.25) is 0 Å². The highest BCUT2D eigenvalue weighted by Gasteiger charge is 2.49. The second kappa shape index (κ2) is 1.61. The van der Waals surface area contributed by atoms with E-state index in [4.69, 9.17) is 0 Å². The van der Waals surface area contributed by atoms with Crippen LogP contribution < -0.4 is 0 Å². The first-order chi connectivity index (χ1) is 5.93. The Morgan fingerprint density at radius 1 is 0.750 bits per heavy atom. The standard InChI is InChI=1S/C12H12/c1-2-8-4-3-7(1)11-9-5-10(6-9)12(8)11/h1-4,7-10H,5-6H2. The summed E-state index contributed by atoms with van der Waals surface area (Å²) in [5.74, 6) is 3.41. The maximum absolute atomic E-state index is 2.41. The molecule has 60 valence electrons. The molecule has 0 radical (unpaired) electrons. The van der Waals surface area contributed by atoms with Crippen LogP contribution in [0.1, 0.15) is 12.8 Å². The molecule has 6 rings (SSSR count). The summed E-state index contributed by atoms with van der Waals surface area (Å²) in [7, 11) is 0. The second-order valence-corrected chi connectivity index (χ2v) is 4.60. The summed E-state index contributed by atoms with van der Waals surface area (Å²) in [6, 6.07) is 0. The zero-order valence-corrected chi connectivity index (χ0v) is 7.03. The van der Waals surface area contributed by atoms with Crippen LogP contribution in [0.3, 0.4) is 0 Å². The van der Waals surface area contributed by atoms with E-state index in [9.17, 15) is 0 Å². The van der Waals surface area contributed by atoms with Crippen LogP contribution in [0, 0.1) is 23.7 Å². The first-order valence-electron chi connectivity index (χ1n) is 5.04. The number of allylic oxidation sites excluding steroid dienone is 6. The maximum atomic E-state index is 2.41. The largest absolute Gasteiger partial charge is 0.0767 e. The Hall–Kier alpha value is -0.780.